The fraction of sp³-hybridized carbons (Fsp3) is 0.296. The van der Waals surface area contributed by atoms with Gasteiger partial charge >= 0.3 is 0 Å². The van der Waals surface area contributed by atoms with E-state index >= 15 is 0 Å². The van der Waals surface area contributed by atoms with Crippen LogP contribution in [0.3, 0.4) is 0 Å². The molecule has 0 N–H and O–H groups in total. The highest BCUT2D eigenvalue weighted by atomic mass is 16.2. The molecule has 1 aliphatic carbocycles. The summed E-state index contributed by atoms with van der Waals surface area (Å²) in [7, 11) is 0. The highest BCUT2D eigenvalue weighted by Gasteiger charge is 2.32. The van der Waals surface area contributed by atoms with Gasteiger partial charge in [0.1, 0.15) is 0 Å². The largest absolute Gasteiger partial charge is 0.335 e. The first-order valence-electron chi connectivity index (χ1n) is 12.1. The molecule has 0 spiro atoms. The molecule has 0 bridgehead atoms. The number of benzene rings is 1. The Labute approximate surface area is 203 Å². The fourth-order valence-corrected chi connectivity index (χ4v) is 4.75. The third kappa shape index (κ3) is 3.95. The van der Waals surface area contributed by atoms with Crippen LogP contribution in [0.5, 0.6) is 0 Å². The lowest BCUT2D eigenvalue weighted by atomic mass is 10.1. The van der Waals surface area contributed by atoms with E-state index in [1.54, 1.807) is 10.9 Å². The maximum Gasteiger partial charge on any atom is 0.254 e. The third-order valence-electron chi connectivity index (χ3n) is 6.80. The molecule has 0 unspecified atom stereocenters. The number of carbonyl (C=O) groups excluding carboxylic acids is 2. The first-order chi connectivity index (χ1) is 17.1. The van der Waals surface area contributed by atoms with Gasteiger partial charge in [-0.15, -0.1) is 0 Å². The molecule has 2 aliphatic rings. The summed E-state index contributed by atoms with van der Waals surface area (Å²) < 4.78 is 1.74. The van der Waals surface area contributed by atoms with Crippen molar-refractivity contribution in [2.45, 2.75) is 25.7 Å². The van der Waals surface area contributed by atoms with Gasteiger partial charge in [0.25, 0.3) is 11.8 Å². The molecule has 3 aromatic heterocycles. The van der Waals surface area contributed by atoms with Gasteiger partial charge in [-0.1, -0.05) is 24.3 Å². The van der Waals surface area contributed by atoms with E-state index in [0.29, 0.717) is 54.7 Å². The highest BCUT2D eigenvalue weighted by Crippen LogP contribution is 2.41. The van der Waals surface area contributed by atoms with Crippen molar-refractivity contribution in [3.63, 3.8) is 0 Å². The predicted molar refractivity (Wildman–Crippen MR) is 132 cm³/mol. The number of amides is 2. The van der Waals surface area contributed by atoms with E-state index in [4.69, 9.17) is 10.1 Å². The van der Waals surface area contributed by atoms with E-state index < -0.39 is 0 Å². The molecule has 4 aromatic rings. The lowest BCUT2D eigenvalue weighted by Crippen LogP contribution is -2.50. The average molecular weight is 467 g/mol. The van der Waals surface area contributed by atoms with Crippen LogP contribution < -0.4 is 0 Å². The number of aryl methyl sites for hydroxylation is 1. The zero-order valence-corrected chi connectivity index (χ0v) is 19.6. The molecule has 8 heteroatoms. The maximum atomic E-state index is 13.8. The van der Waals surface area contributed by atoms with E-state index in [9.17, 15) is 9.59 Å². The average Bonchev–Trinajstić information content (AvgIpc) is 3.72. The molecule has 6 rings (SSSR count). The molecule has 35 heavy (non-hydrogen) atoms. The van der Waals surface area contributed by atoms with Crippen LogP contribution >= 0.6 is 0 Å². The van der Waals surface area contributed by atoms with Crippen molar-refractivity contribution in [2.24, 2.45) is 0 Å². The summed E-state index contributed by atoms with van der Waals surface area (Å²) >= 11 is 0. The lowest BCUT2D eigenvalue weighted by molar-refractivity contribution is 0.0536. The Morgan fingerprint density at radius 3 is 2.23 bits per heavy atom. The number of hydrogen-bond donors (Lipinski definition) is 0. The van der Waals surface area contributed by atoms with Gasteiger partial charge in [0, 0.05) is 49.6 Å². The van der Waals surface area contributed by atoms with Crippen molar-refractivity contribution in [3.05, 3.63) is 83.3 Å². The normalized spacial score (nSPS) is 16.0. The zero-order chi connectivity index (χ0) is 23.9. The standard InChI is InChI=1S/C27H26N6O2/c1-18-24-21(27(35)32-15-13-31(14-16-32)26(34)20-7-3-2-4-8-20)17-22(19-10-11-19)29-25(24)33(30-18)23-9-5-6-12-28-23/h2-9,12,17,19H,10-11,13-16H2,1H3. The Morgan fingerprint density at radius 2 is 1.57 bits per heavy atom. The molecule has 1 saturated heterocycles. The first-order valence-corrected chi connectivity index (χ1v) is 12.1. The van der Waals surface area contributed by atoms with Gasteiger partial charge in [-0.05, 0) is 50.1 Å². The molecule has 2 fully saturated rings. The van der Waals surface area contributed by atoms with E-state index in [0.717, 1.165) is 29.6 Å². The Bertz CT molecular complexity index is 1400. The number of piperazine rings is 1. The van der Waals surface area contributed by atoms with Gasteiger partial charge in [-0.3, -0.25) is 9.59 Å². The van der Waals surface area contributed by atoms with E-state index in [-0.39, 0.29) is 11.8 Å². The summed E-state index contributed by atoms with van der Waals surface area (Å²) in [6, 6.07) is 16.9. The molecule has 2 amide bonds. The van der Waals surface area contributed by atoms with E-state index in [2.05, 4.69) is 4.98 Å². The molecular formula is C27H26N6O2. The van der Waals surface area contributed by atoms with Crippen LogP contribution in [0.25, 0.3) is 16.9 Å². The van der Waals surface area contributed by atoms with Crippen molar-refractivity contribution in [1.29, 1.82) is 0 Å². The van der Waals surface area contributed by atoms with Crippen LogP contribution in [0.1, 0.15) is 50.9 Å². The highest BCUT2D eigenvalue weighted by molar-refractivity contribution is 6.07. The first kappa shape index (κ1) is 21.5. The summed E-state index contributed by atoms with van der Waals surface area (Å²) in [5.41, 5.74) is 3.68. The van der Waals surface area contributed by atoms with E-state index in [1.807, 2.05) is 71.3 Å². The quantitative estimate of drug-likeness (QED) is 0.459. The Hall–Kier alpha value is -4.07. The number of rotatable bonds is 4. The minimum atomic E-state index is -0.0326. The van der Waals surface area contributed by atoms with Crippen LogP contribution in [-0.2, 0) is 0 Å². The maximum absolute atomic E-state index is 13.8. The van der Waals surface area contributed by atoms with Gasteiger partial charge in [-0.2, -0.15) is 9.78 Å². The molecule has 0 atom stereocenters. The van der Waals surface area contributed by atoms with Gasteiger partial charge in [-0.25, -0.2) is 9.97 Å². The Balaban J connectivity index is 1.31. The van der Waals surface area contributed by atoms with Gasteiger partial charge in [0.05, 0.1) is 16.6 Å². The summed E-state index contributed by atoms with van der Waals surface area (Å²) in [5, 5.41) is 5.48. The minimum absolute atomic E-state index is 0.00695. The van der Waals surface area contributed by atoms with Crippen LogP contribution in [0.15, 0.2) is 60.8 Å². The third-order valence-corrected chi connectivity index (χ3v) is 6.80. The number of aromatic nitrogens is 4. The summed E-state index contributed by atoms with van der Waals surface area (Å²) in [6.07, 6.45) is 3.90. The van der Waals surface area contributed by atoms with Crippen molar-refractivity contribution in [3.8, 4) is 5.82 Å². The van der Waals surface area contributed by atoms with Crippen LogP contribution in [0.2, 0.25) is 0 Å². The smallest absolute Gasteiger partial charge is 0.254 e. The Kier molecular flexibility index (Phi) is 5.28. The number of carbonyl (C=O) groups is 2. The molecule has 8 nitrogen and oxygen atoms in total. The summed E-state index contributed by atoms with van der Waals surface area (Å²) in [6.45, 7) is 3.92. The molecule has 1 saturated carbocycles. The van der Waals surface area contributed by atoms with E-state index in [1.165, 1.54) is 0 Å². The molecule has 0 radical (unpaired) electrons. The minimum Gasteiger partial charge on any atom is -0.335 e. The molecule has 176 valence electrons. The fourth-order valence-electron chi connectivity index (χ4n) is 4.75. The number of nitrogens with zero attached hydrogens (tertiary/aromatic N) is 6. The second-order valence-electron chi connectivity index (χ2n) is 9.20. The Morgan fingerprint density at radius 1 is 0.886 bits per heavy atom. The second-order valence-corrected chi connectivity index (χ2v) is 9.20. The molecule has 1 aromatic carbocycles. The van der Waals surface area contributed by atoms with Gasteiger partial charge in [0.15, 0.2) is 11.5 Å². The molecule has 4 heterocycles. The predicted octanol–water partition coefficient (Wildman–Crippen LogP) is 3.60. The van der Waals surface area contributed by atoms with Crippen LogP contribution in [0.4, 0.5) is 0 Å². The lowest BCUT2D eigenvalue weighted by Gasteiger charge is -2.35. The van der Waals surface area contributed by atoms with Gasteiger partial charge < -0.3 is 9.80 Å². The molecule has 1 aliphatic heterocycles. The molecular weight excluding hydrogens is 440 g/mol. The summed E-state index contributed by atoms with van der Waals surface area (Å²) in [4.78, 5) is 39.7. The second kappa shape index (κ2) is 8.61. The summed E-state index contributed by atoms with van der Waals surface area (Å²) in [5.74, 6) is 1.04. The number of hydrogen-bond acceptors (Lipinski definition) is 5. The van der Waals surface area contributed by atoms with Crippen molar-refractivity contribution in [2.75, 3.05) is 26.2 Å². The number of pyridine rings is 2. The van der Waals surface area contributed by atoms with Crippen molar-refractivity contribution >= 4 is 22.8 Å². The van der Waals surface area contributed by atoms with Gasteiger partial charge in [0.2, 0.25) is 0 Å². The number of fused-ring (bicyclic) bond motifs is 1. The monoisotopic (exact) mass is 466 g/mol. The SMILES string of the molecule is Cc1nn(-c2ccccn2)c2nc(C3CC3)cc(C(=O)N3CCN(C(=O)c4ccccc4)CC3)c12. The topological polar surface area (TPSA) is 84.2 Å². The van der Waals surface area contributed by atoms with Crippen molar-refractivity contribution in [1.82, 2.24) is 29.5 Å². The zero-order valence-electron chi connectivity index (χ0n) is 19.6. The van der Waals surface area contributed by atoms with Crippen LogP contribution in [0, 0.1) is 6.92 Å². The van der Waals surface area contributed by atoms with Crippen LogP contribution in [-0.4, -0.2) is 67.5 Å². The van der Waals surface area contributed by atoms with Crippen molar-refractivity contribution < 1.29 is 9.59 Å².